The fourth-order valence-corrected chi connectivity index (χ4v) is 3.96. The van der Waals surface area contributed by atoms with Gasteiger partial charge in [-0.05, 0) is 36.8 Å². The number of amides is 3. The van der Waals surface area contributed by atoms with Crippen molar-refractivity contribution < 1.29 is 27.6 Å². The number of benzene rings is 2. The van der Waals surface area contributed by atoms with E-state index in [0.717, 1.165) is 16.7 Å². The lowest BCUT2D eigenvalue weighted by Crippen LogP contribution is -2.42. The van der Waals surface area contributed by atoms with Crippen LogP contribution >= 0.6 is 0 Å². The van der Waals surface area contributed by atoms with Crippen LogP contribution in [0.1, 0.15) is 28.8 Å². The summed E-state index contributed by atoms with van der Waals surface area (Å²) in [6.45, 7) is 0.595. The minimum atomic E-state index is -4.60. The number of carbonyl (C=O) groups excluding carboxylic acids is 3. The lowest BCUT2D eigenvalue weighted by atomic mass is 10.1. The maximum atomic E-state index is 13.3. The molecule has 10 heteroatoms. The van der Waals surface area contributed by atoms with Crippen LogP contribution in [0.5, 0.6) is 0 Å². The number of hydrogen-bond acceptors (Lipinski definition) is 4. The Morgan fingerprint density at radius 2 is 1.84 bits per heavy atom. The molecule has 0 aliphatic carbocycles. The highest BCUT2D eigenvalue weighted by Crippen LogP contribution is 2.38. The van der Waals surface area contributed by atoms with Gasteiger partial charge in [-0.2, -0.15) is 13.2 Å². The molecule has 1 atom stereocenters. The molecule has 32 heavy (non-hydrogen) atoms. The number of rotatable bonds is 3. The minimum absolute atomic E-state index is 0.0575. The van der Waals surface area contributed by atoms with Crippen LogP contribution < -0.4 is 20.4 Å². The predicted octanol–water partition coefficient (Wildman–Crippen LogP) is 3.02. The van der Waals surface area contributed by atoms with Gasteiger partial charge in [-0.3, -0.25) is 14.4 Å². The van der Waals surface area contributed by atoms with Crippen LogP contribution in [0.15, 0.2) is 42.5 Å². The van der Waals surface area contributed by atoms with Crippen molar-refractivity contribution in [3.05, 3.63) is 53.6 Å². The van der Waals surface area contributed by atoms with E-state index in [0.29, 0.717) is 18.7 Å². The Kier molecular flexibility index (Phi) is 5.53. The van der Waals surface area contributed by atoms with Gasteiger partial charge in [0.1, 0.15) is 6.04 Å². The van der Waals surface area contributed by atoms with Crippen LogP contribution in [0.4, 0.5) is 30.2 Å². The first-order chi connectivity index (χ1) is 15.1. The molecule has 2 heterocycles. The molecule has 0 spiro atoms. The zero-order chi connectivity index (χ0) is 23.0. The summed E-state index contributed by atoms with van der Waals surface area (Å²) in [5.74, 6) is -1.31. The molecule has 2 aliphatic heterocycles. The smallest absolute Gasteiger partial charge is 0.372 e. The van der Waals surface area contributed by atoms with Gasteiger partial charge in [-0.25, -0.2) is 0 Å². The molecule has 168 valence electrons. The first-order valence-corrected chi connectivity index (χ1v) is 10.1. The summed E-state index contributed by atoms with van der Waals surface area (Å²) in [4.78, 5) is 40.4. The fraction of sp³-hybridized carbons (Fsp3) is 0.318. The molecule has 2 aromatic rings. The van der Waals surface area contributed by atoms with E-state index >= 15 is 0 Å². The van der Waals surface area contributed by atoms with Crippen molar-refractivity contribution in [2.75, 3.05) is 35.3 Å². The molecule has 4 rings (SSSR count). The standard InChI is InChI=1S/C22H21F3N4O3/c1-28-10-9-19(30)26-16-12-13(6-7-18(16)28)20(31)27-15-8-11-29(21(15)32)17-5-3-2-4-14(17)22(23,24)25/h2-7,12,15H,8-11H2,1H3,(H,26,30)(H,27,31). The number of alkyl halides is 3. The van der Waals surface area contributed by atoms with E-state index < -0.39 is 29.6 Å². The Morgan fingerprint density at radius 3 is 2.59 bits per heavy atom. The molecule has 7 nitrogen and oxygen atoms in total. The summed E-state index contributed by atoms with van der Waals surface area (Å²) in [6, 6.07) is 8.74. The highest BCUT2D eigenvalue weighted by molar-refractivity contribution is 6.05. The highest BCUT2D eigenvalue weighted by Gasteiger charge is 2.40. The summed E-state index contributed by atoms with van der Waals surface area (Å²) in [7, 11) is 1.84. The molecule has 1 unspecified atom stereocenters. The van der Waals surface area contributed by atoms with E-state index in [2.05, 4.69) is 10.6 Å². The summed E-state index contributed by atoms with van der Waals surface area (Å²) in [5, 5.41) is 5.37. The van der Waals surface area contributed by atoms with Crippen molar-refractivity contribution in [2.45, 2.75) is 25.1 Å². The molecule has 0 saturated carbocycles. The third kappa shape index (κ3) is 4.12. The highest BCUT2D eigenvalue weighted by atomic mass is 19.4. The van der Waals surface area contributed by atoms with E-state index in [-0.39, 0.29) is 30.1 Å². The SMILES string of the molecule is CN1CCC(=O)Nc2cc(C(=O)NC3CCN(c4ccccc4C(F)(F)F)C3=O)ccc21. The van der Waals surface area contributed by atoms with Gasteiger partial charge in [0.15, 0.2) is 0 Å². The number of nitrogens with zero attached hydrogens (tertiary/aromatic N) is 2. The van der Waals surface area contributed by atoms with Crippen molar-refractivity contribution >= 4 is 34.8 Å². The van der Waals surface area contributed by atoms with Crippen LogP contribution in [-0.2, 0) is 15.8 Å². The van der Waals surface area contributed by atoms with Crippen LogP contribution in [0.2, 0.25) is 0 Å². The van der Waals surface area contributed by atoms with Crippen LogP contribution in [-0.4, -0.2) is 43.9 Å². The van der Waals surface area contributed by atoms with Crippen LogP contribution in [0.3, 0.4) is 0 Å². The van der Waals surface area contributed by atoms with Gasteiger partial charge in [0.25, 0.3) is 5.91 Å². The minimum Gasteiger partial charge on any atom is -0.372 e. The van der Waals surface area contributed by atoms with Crippen molar-refractivity contribution in [2.24, 2.45) is 0 Å². The van der Waals surface area contributed by atoms with Crippen molar-refractivity contribution in [3.8, 4) is 0 Å². The van der Waals surface area contributed by atoms with Crippen molar-refractivity contribution in [3.63, 3.8) is 0 Å². The van der Waals surface area contributed by atoms with E-state index in [1.54, 1.807) is 12.1 Å². The van der Waals surface area contributed by atoms with Gasteiger partial charge >= 0.3 is 6.18 Å². The second-order valence-electron chi connectivity index (χ2n) is 7.77. The number of carbonyl (C=O) groups is 3. The molecule has 0 radical (unpaired) electrons. The fourth-order valence-electron chi connectivity index (χ4n) is 3.96. The summed E-state index contributed by atoms with van der Waals surface area (Å²) < 4.78 is 40.0. The summed E-state index contributed by atoms with van der Waals surface area (Å²) in [6.07, 6.45) is -4.10. The predicted molar refractivity (Wildman–Crippen MR) is 113 cm³/mol. The molecule has 2 aliphatic rings. The Bertz CT molecular complexity index is 1090. The molecule has 0 aromatic heterocycles. The molecule has 1 fully saturated rings. The topological polar surface area (TPSA) is 81.8 Å². The van der Waals surface area contributed by atoms with E-state index in [1.165, 1.54) is 24.3 Å². The Labute approximate surface area is 182 Å². The van der Waals surface area contributed by atoms with Gasteiger partial charge in [0, 0.05) is 32.1 Å². The second kappa shape index (κ2) is 8.18. The third-order valence-corrected chi connectivity index (χ3v) is 5.63. The molecular formula is C22H21F3N4O3. The lowest BCUT2D eigenvalue weighted by Gasteiger charge is -2.22. The Balaban J connectivity index is 1.51. The van der Waals surface area contributed by atoms with Gasteiger partial charge in [-0.1, -0.05) is 12.1 Å². The van der Waals surface area contributed by atoms with Gasteiger partial charge < -0.3 is 20.4 Å². The number of fused-ring (bicyclic) bond motifs is 1. The average Bonchev–Trinajstić information content (AvgIpc) is 3.03. The zero-order valence-corrected chi connectivity index (χ0v) is 17.2. The maximum Gasteiger partial charge on any atom is 0.418 e. The van der Waals surface area contributed by atoms with Crippen molar-refractivity contribution in [1.29, 1.82) is 0 Å². The molecular weight excluding hydrogens is 425 g/mol. The van der Waals surface area contributed by atoms with Gasteiger partial charge in [0.05, 0.1) is 22.6 Å². The van der Waals surface area contributed by atoms with Crippen molar-refractivity contribution in [1.82, 2.24) is 5.32 Å². The first-order valence-electron chi connectivity index (χ1n) is 10.1. The number of halogens is 3. The zero-order valence-electron chi connectivity index (χ0n) is 17.2. The maximum absolute atomic E-state index is 13.3. The van der Waals surface area contributed by atoms with Crippen LogP contribution in [0, 0.1) is 0 Å². The molecule has 2 N–H and O–H groups in total. The normalized spacial score (nSPS) is 18.8. The summed E-state index contributed by atoms with van der Waals surface area (Å²) >= 11 is 0. The van der Waals surface area contributed by atoms with Gasteiger partial charge in [0.2, 0.25) is 11.8 Å². The first kappa shape index (κ1) is 21.7. The summed E-state index contributed by atoms with van der Waals surface area (Å²) in [5.41, 5.74) is 0.366. The molecule has 3 amide bonds. The number of para-hydroxylation sites is 1. The second-order valence-corrected chi connectivity index (χ2v) is 7.77. The monoisotopic (exact) mass is 446 g/mol. The Hall–Kier alpha value is -3.56. The quantitative estimate of drug-likeness (QED) is 0.760. The third-order valence-electron chi connectivity index (χ3n) is 5.63. The Morgan fingerprint density at radius 1 is 1.09 bits per heavy atom. The average molecular weight is 446 g/mol. The van der Waals surface area contributed by atoms with E-state index in [4.69, 9.17) is 0 Å². The molecule has 0 bridgehead atoms. The lowest BCUT2D eigenvalue weighted by molar-refractivity contribution is -0.137. The number of anilines is 3. The number of nitrogens with one attached hydrogen (secondary N) is 2. The molecule has 2 aromatic carbocycles. The largest absolute Gasteiger partial charge is 0.418 e. The van der Waals surface area contributed by atoms with E-state index in [9.17, 15) is 27.6 Å². The molecule has 1 saturated heterocycles. The number of hydrogen-bond donors (Lipinski definition) is 2. The van der Waals surface area contributed by atoms with Gasteiger partial charge in [-0.15, -0.1) is 0 Å². The van der Waals surface area contributed by atoms with E-state index in [1.807, 2.05) is 11.9 Å². The van der Waals surface area contributed by atoms with Crippen LogP contribution in [0.25, 0.3) is 0 Å².